The van der Waals surface area contributed by atoms with Crippen molar-refractivity contribution in [3.63, 3.8) is 0 Å². The van der Waals surface area contributed by atoms with Crippen molar-refractivity contribution >= 4 is 23.1 Å². The van der Waals surface area contributed by atoms with Crippen LogP contribution in [-0.2, 0) is 0 Å². The molecule has 0 saturated heterocycles. The first kappa shape index (κ1) is 11.8. The molecule has 0 fully saturated rings. The molecule has 0 heterocycles. The minimum atomic E-state index is -5.11. The molecule has 1 rings (SSSR count). The second-order valence-corrected chi connectivity index (χ2v) is 3.11. The van der Waals surface area contributed by atoms with Crippen LogP contribution in [0.2, 0.25) is 5.02 Å². The van der Waals surface area contributed by atoms with Gasteiger partial charge < -0.3 is 5.73 Å². The highest BCUT2D eigenvalue weighted by Crippen LogP contribution is 2.28. The van der Waals surface area contributed by atoms with Gasteiger partial charge in [0.1, 0.15) is 5.82 Å². The number of halogens is 5. The molecule has 7 heteroatoms. The lowest BCUT2D eigenvalue weighted by Gasteiger charge is -2.08. The van der Waals surface area contributed by atoms with Gasteiger partial charge in [-0.05, 0) is 12.1 Å². The summed E-state index contributed by atoms with van der Waals surface area (Å²) < 4.78 is 48.9. The van der Waals surface area contributed by atoms with Crippen molar-refractivity contribution in [2.45, 2.75) is 6.18 Å². The van der Waals surface area contributed by atoms with Crippen LogP contribution in [0.25, 0.3) is 0 Å². The van der Waals surface area contributed by atoms with E-state index in [1.807, 2.05) is 0 Å². The molecule has 0 aliphatic heterocycles. The van der Waals surface area contributed by atoms with Crippen molar-refractivity contribution in [1.29, 1.82) is 0 Å². The first-order chi connectivity index (χ1) is 6.73. The lowest BCUT2D eigenvalue weighted by Crippen LogP contribution is -2.24. The van der Waals surface area contributed by atoms with E-state index in [1.54, 1.807) is 0 Å². The number of carbonyl (C=O) groups excluding carboxylic acids is 1. The summed E-state index contributed by atoms with van der Waals surface area (Å²) in [5.41, 5.74) is 3.16. The number of ketones is 1. The Balaban J connectivity index is 3.32. The SMILES string of the molecule is Nc1c(F)cc(Cl)cc1C(=O)C(F)(F)F. The normalized spacial score (nSPS) is 11.5. The number of hydrogen-bond donors (Lipinski definition) is 1. The van der Waals surface area contributed by atoms with Crippen molar-refractivity contribution in [2.75, 3.05) is 5.73 Å². The summed E-state index contributed by atoms with van der Waals surface area (Å²) in [4.78, 5) is 10.8. The second kappa shape index (κ2) is 3.69. The average Bonchev–Trinajstić information content (AvgIpc) is 2.08. The molecule has 0 bridgehead atoms. The van der Waals surface area contributed by atoms with Gasteiger partial charge in [-0.25, -0.2) is 4.39 Å². The van der Waals surface area contributed by atoms with Gasteiger partial charge in [-0.15, -0.1) is 0 Å². The molecule has 0 unspecified atom stereocenters. The molecule has 0 aliphatic carbocycles. The minimum absolute atomic E-state index is 0.325. The van der Waals surface area contributed by atoms with E-state index in [4.69, 9.17) is 17.3 Å². The van der Waals surface area contributed by atoms with E-state index < -0.39 is 29.0 Å². The Kier molecular flexibility index (Phi) is 2.90. The number of anilines is 1. The van der Waals surface area contributed by atoms with Gasteiger partial charge in [-0.3, -0.25) is 4.79 Å². The maximum absolute atomic E-state index is 12.9. The number of Topliss-reactive ketones (excluding diaryl/α,β-unsaturated/α-hetero) is 1. The largest absolute Gasteiger partial charge is 0.454 e. The molecule has 2 nitrogen and oxygen atoms in total. The molecule has 0 radical (unpaired) electrons. The van der Waals surface area contributed by atoms with E-state index in [2.05, 4.69) is 0 Å². The number of hydrogen-bond acceptors (Lipinski definition) is 2. The number of nitrogen functional groups attached to an aromatic ring is 1. The van der Waals surface area contributed by atoms with Crippen LogP contribution in [0.3, 0.4) is 0 Å². The number of carbonyl (C=O) groups is 1. The quantitative estimate of drug-likeness (QED) is 0.467. The van der Waals surface area contributed by atoms with E-state index >= 15 is 0 Å². The van der Waals surface area contributed by atoms with Crippen molar-refractivity contribution < 1.29 is 22.4 Å². The van der Waals surface area contributed by atoms with Crippen LogP contribution in [0.1, 0.15) is 10.4 Å². The molecule has 0 aliphatic rings. The summed E-state index contributed by atoms with van der Waals surface area (Å²) in [7, 11) is 0. The first-order valence-corrected chi connectivity index (χ1v) is 3.97. The monoisotopic (exact) mass is 241 g/mol. The third kappa shape index (κ3) is 2.38. The summed E-state index contributed by atoms with van der Waals surface area (Å²) in [6.45, 7) is 0. The molecule has 0 amide bonds. The molecule has 0 spiro atoms. The number of benzene rings is 1. The van der Waals surface area contributed by atoms with Crippen LogP contribution >= 0.6 is 11.6 Å². The predicted octanol–water partition coefficient (Wildman–Crippen LogP) is 2.81. The zero-order chi connectivity index (χ0) is 11.8. The van der Waals surface area contributed by atoms with Crippen molar-refractivity contribution in [3.05, 3.63) is 28.5 Å². The standard InChI is InChI=1S/C8H4ClF4NO/c9-3-1-4(6(14)5(10)2-3)7(15)8(11,12)13/h1-2H,14H2. The molecule has 15 heavy (non-hydrogen) atoms. The lowest BCUT2D eigenvalue weighted by molar-refractivity contribution is -0.0884. The summed E-state index contributed by atoms with van der Waals surface area (Å²) in [5.74, 6) is -3.38. The molecule has 1 aromatic rings. The topological polar surface area (TPSA) is 43.1 Å². The summed E-state index contributed by atoms with van der Waals surface area (Å²) in [6, 6.07) is 1.40. The number of nitrogens with two attached hydrogens (primary N) is 1. The van der Waals surface area contributed by atoms with Gasteiger partial charge in [-0.1, -0.05) is 11.6 Å². The van der Waals surface area contributed by atoms with Gasteiger partial charge in [0.25, 0.3) is 5.78 Å². The average molecular weight is 242 g/mol. The Morgan fingerprint density at radius 3 is 2.33 bits per heavy atom. The zero-order valence-electron chi connectivity index (χ0n) is 7.03. The van der Waals surface area contributed by atoms with Gasteiger partial charge in [0.05, 0.1) is 11.3 Å². The maximum atomic E-state index is 12.9. The molecule has 1 aromatic carbocycles. The Hall–Kier alpha value is -1.30. The third-order valence-electron chi connectivity index (χ3n) is 1.60. The first-order valence-electron chi connectivity index (χ1n) is 3.59. The number of alkyl halides is 3. The van der Waals surface area contributed by atoms with E-state index in [9.17, 15) is 22.4 Å². The Morgan fingerprint density at radius 2 is 1.87 bits per heavy atom. The van der Waals surface area contributed by atoms with E-state index in [0.717, 1.165) is 6.07 Å². The van der Waals surface area contributed by atoms with E-state index in [0.29, 0.717) is 6.07 Å². The van der Waals surface area contributed by atoms with Gasteiger partial charge in [-0.2, -0.15) is 13.2 Å². The highest BCUT2D eigenvalue weighted by molar-refractivity contribution is 6.31. The smallest absolute Gasteiger partial charge is 0.396 e. The molecule has 0 saturated carbocycles. The van der Waals surface area contributed by atoms with Gasteiger partial charge in [0, 0.05) is 5.02 Å². The number of rotatable bonds is 1. The van der Waals surface area contributed by atoms with Crippen LogP contribution in [-0.4, -0.2) is 12.0 Å². The van der Waals surface area contributed by atoms with Crippen LogP contribution in [0.4, 0.5) is 23.2 Å². The van der Waals surface area contributed by atoms with E-state index in [-0.39, 0.29) is 5.02 Å². The molecule has 2 N–H and O–H groups in total. The minimum Gasteiger partial charge on any atom is -0.396 e. The van der Waals surface area contributed by atoms with Crippen molar-refractivity contribution in [1.82, 2.24) is 0 Å². The van der Waals surface area contributed by atoms with Crippen LogP contribution in [0.15, 0.2) is 12.1 Å². The third-order valence-corrected chi connectivity index (χ3v) is 1.81. The van der Waals surface area contributed by atoms with Crippen LogP contribution < -0.4 is 5.73 Å². The second-order valence-electron chi connectivity index (χ2n) is 2.68. The summed E-state index contributed by atoms with van der Waals surface area (Å²) >= 11 is 5.30. The molecule has 0 atom stereocenters. The maximum Gasteiger partial charge on any atom is 0.454 e. The van der Waals surface area contributed by atoms with Crippen molar-refractivity contribution in [3.8, 4) is 0 Å². The highest BCUT2D eigenvalue weighted by Gasteiger charge is 2.40. The van der Waals surface area contributed by atoms with Crippen LogP contribution in [0.5, 0.6) is 0 Å². The van der Waals surface area contributed by atoms with Crippen molar-refractivity contribution in [2.24, 2.45) is 0 Å². The fraction of sp³-hybridized carbons (Fsp3) is 0.125. The fourth-order valence-corrected chi connectivity index (χ4v) is 1.13. The predicted molar refractivity (Wildman–Crippen MR) is 46.2 cm³/mol. The van der Waals surface area contributed by atoms with E-state index in [1.165, 1.54) is 0 Å². The summed E-state index contributed by atoms with van der Waals surface area (Å²) in [5, 5.41) is -0.325. The fourth-order valence-electron chi connectivity index (χ4n) is 0.925. The molecular weight excluding hydrogens is 238 g/mol. The van der Waals surface area contributed by atoms with Gasteiger partial charge in [0.2, 0.25) is 0 Å². The van der Waals surface area contributed by atoms with Crippen LogP contribution in [0, 0.1) is 5.82 Å². The highest BCUT2D eigenvalue weighted by atomic mass is 35.5. The molecule has 0 aromatic heterocycles. The van der Waals surface area contributed by atoms with Gasteiger partial charge >= 0.3 is 6.18 Å². The Morgan fingerprint density at radius 1 is 1.33 bits per heavy atom. The molecular formula is C8H4ClF4NO. The lowest BCUT2D eigenvalue weighted by atomic mass is 10.1. The Bertz CT molecular complexity index is 416. The van der Waals surface area contributed by atoms with Gasteiger partial charge in [0.15, 0.2) is 0 Å². The molecule has 82 valence electrons. The Labute approximate surface area is 86.6 Å². The zero-order valence-corrected chi connectivity index (χ0v) is 7.79. The summed E-state index contributed by atoms with van der Waals surface area (Å²) in [6.07, 6.45) is -5.11.